The number of carbonyl (C=O) groups is 1. The summed E-state index contributed by atoms with van der Waals surface area (Å²) in [4.78, 5) is 11.5. The first-order valence-corrected chi connectivity index (χ1v) is 14.5. The summed E-state index contributed by atoms with van der Waals surface area (Å²) in [5.41, 5.74) is 3.73. The first-order chi connectivity index (χ1) is 19.6. The molecule has 2 aromatic heterocycles. The lowest BCUT2D eigenvalue weighted by Crippen LogP contribution is -2.41. The summed E-state index contributed by atoms with van der Waals surface area (Å²) in [6.45, 7) is 6.14. The molecule has 0 saturated heterocycles. The van der Waals surface area contributed by atoms with E-state index in [9.17, 15) is 15.0 Å². The molecule has 0 spiro atoms. The van der Waals surface area contributed by atoms with Gasteiger partial charge in [-0.3, -0.25) is 4.68 Å². The van der Waals surface area contributed by atoms with Crippen molar-refractivity contribution in [1.82, 2.24) is 14.9 Å². The summed E-state index contributed by atoms with van der Waals surface area (Å²) in [5.74, 6) is 0.637. The molecule has 2 aliphatic carbocycles. The molecule has 6 rings (SSSR count). The van der Waals surface area contributed by atoms with Crippen molar-refractivity contribution in [2.45, 2.75) is 76.5 Å². The lowest BCUT2D eigenvalue weighted by Gasteiger charge is -2.44. The van der Waals surface area contributed by atoms with Gasteiger partial charge < -0.3 is 19.5 Å². The fraction of sp³-hybridized carbons (Fsp3) is 0.387. The van der Waals surface area contributed by atoms with Crippen molar-refractivity contribution in [1.29, 1.82) is 0 Å². The summed E-state index contributed by atoms with van der Waals surface area (Å²) in [5, 5.41) is 30.5. The molecule has 8 nitrogen and oxygen atoms in total. The van der Waals surface area contributed by atoms with Gasteiger partial charge in [-0.05, 0) is 76.3 Å². The summed E-state index contributed by atoms with van der Waals surface area (Å²) in [6, 6.07) is 12.7. The highest BCUT2D eigenvalue weighted by molar-refractivity contribution is 6.33. The van der Waals surface area contributed by atoms with Crippen LogP contribution in [0.1, 0.15) is 96.0 Å². The van der Waals surface area contributed by atoms with Gasteiger partial charge in [0.05, 0.1) is 21.2 Å². The quantitative estimate of drug-likeness (QED) is 0.204. The van der Waals surface area contributed by atoms with Crippen LogP contribution in [0.25, 0.3) is 11.3 Å². The molecule has 41 heavy (non-hydrogen) atoms. The molecular formula is C31H31Cl2N3O5. The number of aromatic nitrogens is 3. The molecule has 214 valence electrons. The van der Waals surface area contributed by atoms with Crippen LogP contribution in [0.15, 0.2) is 47.0 Å². The third kappa shape index (κ3) is 5.13. The number of hydrogen-bond acceptors (Lipinski definition) is 6. The second-order valence-electron chi connectivity index (χ2n) is 11.4. The first kappa shape index (κ1) is 27.8. The van der Waals surface area contributed by atoms with Crippen LogP contribution in [0, 0.1) is 6.92 Å². The second-order valence-corrected chi connectivity index (χ2v) is 12.3. The molecule has 0 bridgehead atoms. The Morgan fingerprint density at radius 3 is 2.54 bits per heavy atom. The van der Waals surface area contributed by atoms with E-state index >= 15 is 0 Å². The van der Waals surface area contributed by atoms with Crippen LogP contribution >= 0.6 is 23.2 Å². The van der Waals surface area contributed by atoms with Gasteiger partial charge in [-0.15, -0.1) is 0 Å². The molecule has 4 aromatic rings. The third-order valence-corrected chi connectivity index (χ3v) is 8.74. The SMILES string of the molecule is Cc1cccc(Cl)c1-c1noc(C2CC2)c1COc1ccc(C2(O)CC(c3cc(C(=O)O)nn3C(C)C)C2)c(Cl)c1. The van der Waals surface area contributed by atoms with Gasteiger partial charge in [-0.1, -0.05) is 46.6 Å². The molecule has 2 fully saturated rings. The molecule has 2 aliphatic rings. The number of carboxylic acids is 1. The van der Waals surface area contributed by atoms with Gasteiger partial charge in [0.25, 0.3) is 0 Å². The van der Waals surface area contributed by atoms with E-state index < -0.39 is 11.6 Å². The molecule has 10 heteroatoms. The number of halogens is 2. The molecule has 0 unspecified atom stereocenters. The zero-order valence-corrected chi connectivity index (χ0v) is 24.5. The van der Waals surface area contributed by atoms with Gasteiger partial charge in [-0.2, -0.15) is 5.10 Å². The Morgan fingerprint density at radius 1 is 1.15 bits per heavy atom. The number of ether oxygens (including phenoxy) is 1. The minimum absolute atomic E-state index is 0.0000166. The topological polar surface area (TPSA) is 111 Å². The van der Waals surface area contributed by atoms with E-state index in [1.807, 2.05) is 39.0 Å². The van der Waals surface area contributed by atoms with E-state index in [4.69, 9.17) is 32.5 Å². The second kappa shape index (κ2) is 10.5. The van der Waals surface area contributed by atoms with Crippen molar-refractivity contribution in [2.75, 3.05) is 0 Å². The predicted molar refractivity (Wildman–Crippen MR) is 155 cm³/mol. The Kier molecular flexibility index (Phi) is 7.12. The van der Waals surface area contributed by atoms with E-state index in [1.54, 1.807) is 28.9 Å². The number of benzene rings is 2. The lowest BCUT2D eigenvalue weighted by molar-refractivity contribution is -0.0569. The molecule has 2 aromatic carbocycles. The molecule has 2 heterocycles. The van der Waals surface area contributed by atoms with Gasteiger partial charge in [0, 0.05) is 34.7 Å². The van der Waals surface area contributed by atoms with Gasteiger partial charge in [0.15, 0.2) is 5.69 Å². The van der Waals surface area contributed by atoms with Crippen molar-refractivity contribution in [3.05, 3.63) is 86.3 Å². The van der Waals surface area contributed by atoms with Crippen LogP contribution in [0.2, 0.25) is 10.0 Å². The lowest BCUT2D eigenvalue weighted by atomic mass is 9.66. The Bertz CT molecular complexity index is 1610. The van der Waals surface area contributed by atoms with Crippen LogP contribution in [0.5, 0.6) is 5.75 Å². The number of nitrogens with zero attached hydrogens (tertiary/aromatic N) is 3. The highest BCUT2D eigenvalue weighted by Gasteiger charge is 2.47. The fourth-order valence-corrected chi connectivity index (χ4v) is 6.45. The zero-order valence-electron chi connectivity index (χ0n) is 23.0. The van der Waals surface area contributed by atoms with Crippen molar-refractivity contribution < 1.29 is 24.3 Å². The standard InChI is InChI=1S/C31H31Cl2N3O5/c1-16(2)36-26(12-25(34-36)30(37)38)19-13-31(39,14-19)22-10-9-20(11-24(22)33)40-15-21-28(35-41-29(21)18-7-8-18)27-17(3)5-4-6-23(27)32/h4-6,9-12,16,18-19,39H,7-8,13-15H2,1-3H3,(H,37,38). The third-order valence-electron chi connectivity index (χ3n) is 8.11. The summed E-state index contributed by atoms with van der Waals surface area (Å²) in [7, 11) is 0. The molecular weight excluding hydrogens is 565 g/mol. The van der Waals surface area contributed by atoms with E-state index in [1.165, 1.54) is 0 Å². The maximum absolute atomic E-state index is 11.5. The van der Waals surface area contributed by atoms with Crippen LogP contribution in [0.4, 0.5) is 0 Å². The molecule has 2 saturated carbocycles. The maximum Gasteiger partial charge on any atom is 0.356 e. The number of rotatable bonds is 9. The van der Waals surface area contributed by atoms with Crippen molar-refractivity contribution in [2.24, 2.45) is 0 Å². The van der Waals surface area contributed by atoms with Crippen LogP contribution in [-0.4, -0.2) is 31.1 Å². The van der Waals surface area contributed by atoms with Gasteiger partial charge in [0.2, 0.25) is 0 Å². The van der Waals surface area contributed by atoms with E-state index in [-0.39, 0.29) is 24.3 Å². The minimum atomic E-state index is -1.13. The Labute approximate surface area is 247 Å². The highest BCUT2D eigenvalue weighted by atomic mass is 35.5. The summed E-state index contributed by atoms with van der Waals surface area (Å²) < 4.78 is 13.7. The monoisotopic (exact) mass is 595 g/mol. The Morgan fingerprint density at radius 2 is 1.90 bits per heavy atom. The molecule has 0 radical (unpaired) electrons. The normalized spacial score (nSPS) is 20.3. The van der Waals surface area contributed by atoms with Crippen LogP contribution in [0.3, 0.4) is 0 Å². The van der Waals surface area contributed by atoms with Gasteiger partial charge in [0.1, 0.15) is 23.8 Å². The van der Waals surface area contributed by atoms with Crippen molar-refractivity contribution >= 4 is 29.2 Å². The zero-order chi connectivity index (χ0) is 29.1. The average Bonchev–Trinajstić information content (AvgIpc) is 3.50. The molecule has 0 amide bonds. The van der Waals surface area contributed by atoms with Crippen LogP contribution in [-0.2, 0) is 12.2 Å². The fourth-order valence-electron chi connectivity index (χ4n) is 5.79. The molecule has 0 aliphatic heterocycles. The van der Waals surface area contributed by atoms with Gasteiger partial charge >= 0.3 is 5.97 Å². The number of aryl methyl sites for hydroxylation is 1. The average molecular weight is 597 g/mol. The van der Waals surface area contributed by atoms with Crippen molar-refractivity contribution in [3.8, 4) is 17.0 Å². The highest BCUT2D eigenvalue weighted by Crippen LogP contribution is 2.53. The van der Waals surface area contributed by atoms with Crippen molar-refractivity contribution in [3.63, 3.8) is 0 Å². The van der Waals surface area contributed by atoms with E-state index in [0.29, 0.717) is 45.8 Å². The smallest absolute Gasteiger partial charge is 0.356 e. The molecule has 0 atom stereocenters. The summed E-state index contributed by atoms with van der Waals surface area (Å²) >= 11 is 13.2. The van der Waals surface area contributed by atoms with Gasteiger partial charge in [-0.25, -0.2) is 4.79 Å². The predicted octanol–water partition coefficient (Wildman–Crippen LogP) is 7.65. The number of aromatic carboxylic acids is 1. The van der Waals surface area contributed by atoms with E-state index in [0.717, 1.165) is 41.0 Å². The van der Waals surface area contributed by atoms with Crippen LogP contribution < -0.4 is 4.74 Å². The number of carboxylic acid groups (broad SMARTS) is 1. The van der Waals surface area contributed by atoms with E-state index in [2.05, 4.69) is 10.3 Å². The number of hydrogen-bond donors (Lipinski definition) is 2. The Balaban J connectivity index is 1.20. The number of aliphatic hydroxyl groups is 1. The maximum atomic E-state index is 11.5. The largest absolute Gasteiger partial charge is 0.489 e. The first-order valence-electron chi connectivity index (χ1n) is 13.8. The summed E-state index contributed by atoms with van der Waals surface area (Å²) in [6.07, 6.45) is 2.93. The Hall–Kier alpha value is -3.33. The minimum Gasteiger partial charge on any atom is -0.489 e. The molecule has 2 N–H and O–H groups in total.